The number of hydrogen-bond donors (Lipinski definition) is 2. The normalized spacial score (nSPS) is 20.7. The van der Waals surface area contributed by atoms with E-state index in [2.05, 4.69) is 10.6 Å². The predicted octanol–water partition coefficient (Wildman–Crippen LogP) is 1.29. The summed E-state index contributed by atoms with van der Waals surface area (Å²) in [5.74, 6) is 0.957. The molecule has 1 aromatic carbocycles. The summed E-state index contributed by atoms with van der Waals surface area (Å²) >= 11 is 1.65. The minimum Gasteiger partial charge on any atom is -0.325 e. The second kappa shape index (κ2) is 4.48. The molecule has 0 aliphatic carbocycles. The van der Waals surface area contributed by atoms with Crippen molar-refractivity contribution in [2.75, 3.05) is 17.7 Å². The fraction of sp³-hybridized carbons (Fsp3) is 0.300. The minimum absolute atomic E-state index is 0.0511. The SMILES string of the molecule is O=C(Nc1ccccc1)[C@H]1CNCS1. The van der Waals surface area contributed by atoms with Gasteiger partial charge in [0.15, 0.2) is 0 Å². The first-order valence-corrected chi connectivity index (χ1v) is 5.59. The van der Waals surface area contributed by atoms with E-state index >= 15 is 0 Å². The standard InChI is InChI=1S/C10H12N2OS/c13-10(9-6-11-7-14-9)12-8-4-2-1-3-5-8/h1-5,9,11H,6-7H2,(H,12,13)/t9-/m1/s1. The first kappa shape index (κ1) is 9.55. The van der Waals surface area contributed by atoms with Crippen LogP contribution >= 0.6 is 11.8 Å². The molecule has 14 heavy (non-hydrogen) atoms. The maximum Gasteiger partial charge on any atom is 0.238 e. The molecule has 1 aliphatic rings. The van der Waals surface area contributed by atoms with Gasteiger partial charge in [-0.2, -0.15) is 0 Å². The summed E-state index contributed by atoms with van der Waals surface area (Å²) in [4.78, 5) is 11.6. The molecule has 1 aromatic rings. The molecular weight excluding hydrogens is 196 g/mol. The Morgan fingerprint density at radius 2 is 2.21 bits per heavy atom. The quantitative estimate of drug-likeness (QED) is 0.769. The molecule has 1 fully saturated rings. The van der Waals surface area contributed by atoms with E-state index in [1.165, 1.54) is 0 Å². The highest BCUT2D eigenvalue weighted by molar-refractivity contribution is 8.00. The fourth-order valence-corrected chi connectivity index (χ4v) is 2.20. The van der Waals surface area contributed by atoms with Gasteiger partial charge in [0.2, 0.25) is 5.91 Å². The Balaban J connectivity index is 1.94. The van der Waals surface area contributed by atoms with E-state index in [1.54, 1.807) is 11.8 Å². The Morgan fingerprint density at radius 1 is 1.43 bits per heavy atom. The van der Waals surface area contributed by atoms with Crippen molar-refractivity contribution >= 4 is 23.4 Å². The van der Waals surface area contributed by atoms with Crippen molar-refractivity contribution < 1.29 is 4.79 Å². The first-order valence-electron chi connectivity index (χ1n) is 4.54. The number of anilines is 1. The molecule has 4 heteroatoms. The Kier molecular flexibility index (Phi) is 3.06. The number of amides is 1. The molecule has 1 atom stereocenters. The maximum atomic E-state index is 11.6. The zero-order chi connectivity index (χ0) is 9.80. The topological polar surface area (TPSA) is 41.1 Å². The van der Waals surface area contributed by atoms with Gasteiger partial charge in [-0.15, -0.1) is 11.8 Å². The van der Waals surface area contributed by atoms with Gasteiger partial charge in [0.1, 0.15) is 0 Å². The van der Waals surface area contributed by atoms with Gasteiger partial charge in [0, 0.05) is 18.1 Å². The molecule has 0 bridgehead atoms. The predicted molar refractivity (Wildman–Crippen MR) is 59.3 cm³/mol. The van der Waals surface area contributed by atoms with Gasteiger partial charge in [0.05, 0.1) is 5.25 Å². The van der Waals surface area contributed by atoms with Gasteiger partial charge < -0.3 is 10.6 Å². The van der Waals surface area contributed by atoms with Crippen LogP contribution < -0.4 is 10.6 Å². The summed E-state index contributed by atoms with van der Waals surface area (Å²) < 4.78 is 0. The van der Waals surface area contributed by atoms with E-state index in [1.807, 2.05) is 30.3 Å². The number of thioether (sulfide) groups is 1. The molecule has 1 aliphatic heterocycles. The lowest BCUT2D eigenvalue weighted by molar-refractivity contribution is -0.115. The van der Waals surface area contributed by atoms with Crippen LogP contribution in [-0.4, -0.2) is 23.6 Å². The zero-order valence-electron chi connectivity index (χ0n) is 7.69. The average molecular weight is 208 g/mol. The van der Waals surface area contributed by atoms with Crippen molar-refractivity contribution in [2.24, 2.45) is 0 Å². The van der Waals surface area contributed by atoms with Crippen LogP contribution in [0.1, 0.15) is 0 Å². The van der Waals surface area contributed by atoms with Gasteiger partial charge in [-0.05, 0) is 12.1 Å². The van der Waals surface area contributed by atoms with Crippen LogP contribution in [-0.2, 0) is 4.79 Å². The average Bonchev–Trinajstić information content (AvgIpc) is 2.72. The van der Waals surface area contributed by atoms with E-state index in [0.29, 0.717) is 0 Å². The molecule has 1 heterocycles. The second-order valence-corrected chi connectivity index (χ2v) is 4.30. The third-order valence-corrected chi connectivity index (χ3v) is 3.20. The lowest BCUT2D eigenvalue weighted by Gasteiger charge is -2.08. The maximum absolute atomic E-state index is 11.6. The van der Waals surface area contributed by atoms with E-state index in [0.717, 1.165) is 18.1 Å². The first-order chi connectivity index (χ1) is 6.86. The van der Waals surface area contributed by atoms with Crippen molar-refractivity contribution in [3.8, 4) is 0 Å². The van der Waals surface area contributed by atoms with Crippen molar-refractivity contribution in [3.63, 3.8) is 0 Å². The monoisotopic (exact) mass is 208 g/mol. The van der Waals surface area contributed by atoms with E-state index in [-0.39, 0.29) is 11.2 Å². The molecule has 0 aromatic heterocycles. The largest absolute Gasteiger partial charge is 0.325 e. The number of nitrogens with one attached hydrogen (secondary N) is 2. The summed E-state index contributed by atoms with van der Waals surface area (Å²) in [7, 11) is 0. The number of carbonyl (C=O) groups excluding carboxylic acids is 1. The highest BCUT2D eigenvalue weighted by Crippen LogP contribution is 2.16. The molecule has 3 nitrogen and oxygen atoms in total. The van der Waals surface area contributed by atoms with Crippen molar-refractivity contribution in [1.82, 2.24) is 5.32 Å². The van der Waals surface area contributed by atoms with Crippen LogP contribution in [0.3, 0.4) is 0 Å². The molecule has 2 rings (SSSR count). The molecule has 0 spiro atoms. The minimum atomic E-state index is 0.0511. The van der Waals surface area contributed by atoms with Crippen LogP contribution in [0.5, 0.6) is 0 Å². The summed E-state index contributed by atoms with van der Waals surface area (Å²) in [6, 6.07) is 9.54. The van der Waals surface area contributed by atoms with Crippen LogP contribution in [0.4, 0.5) is 5.69 Å². The number of carbonyl (C=O) groups is 1. The van der Waals surface area contributed by atoms with E-state index in [4.69, 9.17) is 0 Å². The summed E-state index contributed by atoms with van der Waals surface area (Å²) in [6.45, 7) is 0.767. The van der Waals surface area contributed by atoms with Crippen LogP contribution in [0.15, 0.2) is 30.3 Å². The number of benzene rings is 1. The third-order valence-electron chi connectivity index (χ3n) is 2.05. The van der Waals surface area contributed by atoms with Gasteiger partial charge in [0.25, 0.3) is 0 Å². The Hall–Kier alpha value is -1.00. The Bertz CT molecular complexity index is 309. The highest BCUT2D eigenvalue weighted by Gasteiger charge is 2.22. The van der Waals surface area contributed by atoms with Gasteiger partial charge >= 0.3 is 0 Å². The summed E-state index contributed by atoms with van der Waals surface area (Å²) in [5.41, 5.74) is 0.866. The Labute approximate surface area is 87.3 Å². The zero-order valence-corrected chi connectivity index (χ0v) is 8.51. The van der Waals surface area contributed by atoms with Gasteiger partial charge in [-0.1, -0.05) is 18.2 Å². The van der Waals surface area contributed by atoms with Crippen molar-refractivity contribution in [1.29, 1.82) is 0 Å². The number of hydrogen-bond acceptors (Lipinski definition) is 3. The van der Waals surface area contributed by atoms with E-state index < -0.39 is 0 Å². The number of para-hydroxylation sites is 1. The molecule has 74 valence electrons. The van der Waals surface area contributed by atoms with Crippen LogP contribution in [0, 0.1) is 0 Å². The van der Waals surface area contributed by atoms with Crippen molar-refractivity contribution in [3.05, 3.63) is 30.3 Å². The van der Waals surface area contributed by atoms with Gasteiger partial charge in [-0.25, -0.2) is 0 Å². The summed E-state index contributed by atoms with van der Waals surface area (Å²) in [6.07, 6.45) is 0. The fourth-order valence-electron chi connectivity index (χ4n) is 1.32. The van der Waals surface area contributed by atoms with Gasteiger partial charge in [-0.3, -0.25) is 4.79 Å². The summed E-state index contributed by atoms with van der Waals surface area (Å²) in [5, 5.41) is 6.08. The molecule has 0 saturated carbocycles. The van der Waals surface area contributed by atoms with E-state index in [9.17, 15) is 4.79 Å². The molecule has 2 N–H and O–H groups in total. The van der Waals surface area contributed by atoms with Crippen molar-refractivity contribution in [2.45, 2.75) is 5.25 Å². The third kappa shape index (κ3) is 2.27. The molecule has 0 unspecified atom stereocenters. The lowest BCUT2D eigenvalue weighted by Crippen LogP contribution is -2.28. The molecule has 1 amide bonds. The van der Waals surface area contributed by atoms with Crippen LogP contribution in [0.2, 0.25) is 0 Å². The Morgan fingerprint density at radius 3 is 2.86 bits per heavy atom. The highest BCUT2D eigenvalue weighted by atomic mass is 32.2. The molecule has 0 radical (unpaired) electrons. The lowest BCUT2D eigenvalue weighted by atomic mass is 10.3. The smallest absolute Gasteiger partial charge is 0.238 e. The molecular formula is C10H12N2OS. The van der Waals surface area contributed by atoms with Crippen LogP contribution in [0.25, 0.3) is 0 Å². The number of rotatable bonds is 2. The second-order valence-electron chi connectivity index (χ2n) is 3.11. The molecule has 1 saturated heterocycles.